The molecule has 0 saturated carbocycles. The van der Waals surface area contributed by atoms with Crippen molar-refractivity contribution in [3.8, 4) is 0 Å². The van der Waals surface area contributed by atoms with Gasteiger partial charge in [-0.25, -0.2) is 44.9 Å². The summed E-state index contributed by atoms with van der Waals surface area (Å²) in [7, 11) is -4.12. The molecule has 9 N–H and O–H groups in total. The zero-order valence-electron chi connectivity index (χ0n) is 27.4. The average molecular weight is 732 g/mol. The largest absolute Gasteiger partial charge is 0.395 e. The van der Waals surface area contributed by atoms with Gasteiger partial charge in [-0.05, 0) is 0 Å². The zero-order valence-corrected chi connectivity index (χ0v) is 28.3. The Morgan fingerprint density at radius 2 is 1.06 bits per heavy atom. The van der Waals surface area contributed by atoms with Crippen LogP contribution in [0.15, 0.2) is 38.0 Å². The van der Waals surface area contributed by atoms with Gasteiger partial charge in [0, 0.05) is 26.1 Å². The first-order valence-corrected chi connectivity index (χ1v) is 16.8. The van der Waals surface area contributed by atoms with Gasteiger partial charge in [-0.15, -0.1) is 0 Å². The fourth-order valence-corrected chi connectivity index (χ4v) is 4.30. The zero-order chi connectivity index (χ0) is 37.2. The Kier molecular flexibility index (Phi) is 15.8. The van der Waals surface area contributed by atoms with E-state index >= 15 is 0 Å². The molecular formula is C27H38N15O8P. The predicted octanol–water partition coefficient (Wildman–Crippen LogP) is -0.820. The molecule has 0 aromatic carbocycles. The molecule has 24 heteroatoms. The van der Waals surface area contributed by atoms with Crippen LogP contribution in [0.25, 0.3) is 33.5 Å². The first-order chi connectivity index (χ1) is 24.5. The Hall–Kier alpha value is -5.58. The third-order valence-electron chi connectivity index (χ3n) is 6.19. The maximum absolute atomic E-state index is 10.6. The molecule has 6 heterocycles. The average Bonchev–Trinajstić information content (AvgIpc) is 3.85. The van der Waals surface area contributed by atoms with E-state index in [2.05, 4.69) is 44.9 Å². The van der Waals surface area contributed by atoms with Gasteiger partial charge < -0.3 is 64.9 Å². The highest BCUT2D eigenvalue weighted by Crippen LogP contribution is 2.33. The molecule has 6 aromatic heterocycles. The molecular weight excluding hydrogens is 693 g/mol. The summed E-state index contributed by atoms with van der Waals surface area (Å²) in [6.07, 6.45) is 10.5. The minimum atomic E-state index is -4.12. The van der Waals surface area contributed by atoms with Crippen LogP contribution in [-0.4, -0.2) is 119 Å². The Morgan fingerprint density at radius 3 is 1.41 bits per heavy atom. The van der Waals surface area contributed by atoms with Crippen LogP contribution >= 0.6 is 7.60 Å². The lowest BCUT2D eigenvalue weighted by atomic mass is 10.5. The molecule has 0 aliphatic rings. The lowest BCUT2D eigenvalue weighted by Crippen LogP contribution is -2.07. The fraction of sp³-hybridized carbons (Fsp3) is 0.370. The van der Waals surface area contributed by atoms with E-state index in [0.717, 1.165) is 6.29 Å². The van der Waals surface area contributed by atoms with Gasteiger partial charge in [0.1, 0.15) is 61.1 Å². The van der Waals surface area contributed by atoms with Gasteiger partial charge >= 0.3 is 7.60 Å². The van der Waals surface area contributed by atoms with Gasteiger partial charge in [-0.2, -0.15) is 0 Å². The van der Waals surface area contributed by atoms with Gasteiger partial charge in [-0.1, -0.05) is 6.92 Å². The van der Waals surface area contributed by atoms with Crippen molar-refractivity contribution in [3.63, 3.8) is 0 Å². The van der Waals surface area contributed by atoms with Gasteiger partial charge in [0.25, 0.3) is 0 Å². The second-order valence-electron chi connectivity index (χ2n) is 9.85. The standard InChI is InChI=1S/C9H11N5O2.C8H12N5O4P.C7H9N5O.C3H6O/c10-8-7-9(12-5-11-8)14(6-13-7)1-3-16-4-2-15;9-7-6-8(11-3-10-7)13(4-12-6)1-2-17-5-18(14,15)16;8-6-5-7(10-3-9-6)12(1-2-13)4-11-5;1-2-3-4/h2,5-6H,1,3-4H2,(H2,10,11,12);3-4H,1-2,5H2,(H2,9,10,11)(H2,14,15,16);3-4,13H,1-2H2,(H2,8,9,10);3H,2H2,1H3. The Balaban J connectivity index is 0.000000198. The number of aldehydes is 2. The Bertz CT molecular complexity index is 2030. The van der Waals surface area contributed by atoms with Gasteiger partial charge in [0.15, 0.2) is 34.4 Å². The molecule has 0 aliphatic heterocycles. The number of rotatable bonds is 13. The van der Waals surface area contributed by atoms with E-state index in [1.807, 2.05) is 6.92 Å². The molecule has 0 fully saturated rings. The van der Waals surface area contributed by atoms with Crippen molar-refractivity contribution in [3.05, 3.63) is 38.0 Å². The number of aliphatic hydroxyl groups is 1. The van der Waals surface area contributed by atoms with Crippen molar-refractivity contribution in [2.45, 2.75) is 33.0 Å². The van der Waals surface area contributed by atoms with E-state index < -0.39 is 13.9 Å². The highest BCUT2D eigenvalue weighted by molar-refractivity contribution is 7.51. The van der Waals surface area contributed by atoms with Crippen molar-refractivity contribution in [1.29, 1.82) is 0 Å². The molecule has 6 rings (SSSR count). The van der Waals surface area contributed by atoms with E-state index in [4.69, 9.17) is 41.6 Å². The molecule has 51 heavy (non-hydrogen) atoms. The van der Waals surface area contributed by atoms with Gasteiger partial charge in [0.05, 0.1) is 38.8 Å². The molecule has 0 spiro atoms. The number of ether oxygens (including phenoxy) is 2. The number of hydrogen-bond acceptors (Lipinski definition) is 18. The van der Waals surface area contributed by atoms with Crippen LogP contribution in [0.3, 0.4) is 0 Å². The first kappa shape index (κ1) is 39.9. The highest BCUT2D eigenvalue weighted by Gasteiger charge is 2.13. The molecule has 0 unspecified atom stereocenters. The molecule has 6 aromatic rings. The highest BCUT2D eigenvalue weighted by atomic mass is 31.2. The third-order valence-corrected chi connectivity index (χ3v) is 6.71. The summed E-state index contributed by atoms with van der Waals surface area (Å²) in [4.78, 5) is 72.2. The Morgan fingerprint density at radius 1 is 0.667 bits per heavy atom. The second-order valence-corrected chi connectivity index (χ2v) is 11.4. The summed E-state index contributed by atoms with van der Waals surface area (Å²) in [5, 5.41) is 8.74. The van der Waals surface area contributed by atoms with Crippen LogP contribution < -0.4 is 17.2 Å². The topological polar surface area (TPSA) is 339 Å². The third kappa shape index (κ3) is 12.1. The van der Waals surface area contributed by atoms with E-state index in [-0.39, 0.29) is 25.6 Å². The number of aromatic nitrogens is 12. The van der Waals surface area contributed by atoms with Gasteiger partial charge in [-0.3, -0.25) is 4.57 Å². The number of carbonyl (C=O) groups excluding carboxylic acids is 2. The summed E-state index contributed by atoms with van der Waals surface area (Å²) >= 11 is 0. The summed E-state index contributed by atoms with van der Waals surface area (Å²) in [5.74, 6) is 1.01. The molecule has 23 nitrogen and oxygen atoms in total. The van der Waals surface area contributed by atoms with Crippen molar-refractivity contribution in [1.82, 2.24) is 58.6 Å². The van der Waals surface area contributed by atoms with Crippen molar-refractivity contribution < 1.29 is 38.5 Å². The minimum absolute atomic E-state index is 0.0510. The molecule has 0 saturated heterocycles. The molecule has 0 amide bonds. The van der Waals surface area contributed by atoms with Crippen LogP contribution in [0.1, 0.15) is 13.3 Å². The van der Waals surface area contributed by atoms with Crippen molar-refractivity contribution in [2.24, 2.45) is 0 Å². The number of nitrogens with zero attached hydrogens (tertiary/aromatic N) is 12. The van der Waals surface area contributed by atoms with Crippen LogP contribution in [-0.2, 0) is 43.3 Å². The number of imidazole rings is 3. The van der Waals surface area contributed by atoms with E-state index in [0.29, 0.717) is 84.1 Å². The molecule has 274 valence electrons. The number of hydrogen-bond donors (Lipinski definition) is 6. The van der Waals surface area contributed by atoms with E-state index in [1.165, 1.54) is 25.3 Å². The fourth-order valence-electron chi connectivity index (χ4n) is 3.94. The number of anilines is 3. The molecule has 0 atom stereocenters. The summed E-state index contributed by atoms with van der Waals surface area (Å²) in [5.41, 5.74) is 20.4. The Labute approximate surface area is 289 Å². The van der Waals surface area contributed by atoms with Crippen LogP contribution in [0.2, 0.25) is 0 Å². The lowest BCUT2D eigenvalue weighted by Gasteiger charge is -2.06. The first-order valence-electron chi connectivity index (χ1n) is 15.0. The van der Waals surface area contributed by atoms with Crippen LogP contribution in [0.5, 0.6) is 0 Å². The van der Waals surface area contributed by atoms with Crippen molar-refractivity contribution in [2.75, 3.05) is 50.0 Å². The maximum atomic E-state index is 10.6. The summed E-state index contributed by atoms with van der Waals surface area (Å²) in [6.45, 7) is 3.93. The normalized spacial score (nSPS) is 10.9. The number of nitrogens with two attached hydrogens (primary N) is 3. The van der Waals surface area contributed by atoms with E-state index in [9.17, 15) is 14.2 Å². The number of carbonyl (C=O) groups is 2. The quantitative estimate of drug-likeness (QED) is 0.0480. The minimum Gasteiger partial charge on any atom is -0.395 e. The van der Waals surface area contributed by atoms with Crippen LogP contribution in [0.4, 0.5) is 17.5 Å². The van der Waals surface area contributed by atoms with E-state index in [1.54, 1.807) is 26.4 Å². The summed E-state index contributed by atoms with van der Waals surface area (Å²) in [6, 6.07) is 0. The predicted molar refractivity (Wildman–Crippen MR) is 182 cm³/mol. The lowest BCUT2D eigenvalue weighted by molar-refractivity contribution is -0.112. The monoisotopic (exact) mass is 731 g/mol. The molecule has 0 aliphatic carbocycles. The molecule has 0 radical (unpaired) electrons. The number of aliphatic hydroxyl groups excluding tert-OH is 1. The smallest absolute Gasteiger partial charge is 0.350 e. The number of fused-ring (bicyclic) bond motifs is 3. The molecule has 0 bridgehead atoms. The SMILES string of the molecule is CCC=O.Nc1ncnc2c1ncn2CCO.Nc1ncnc2c1ncn2CCOCC=O.Nc1ncnc2c1ncn2CCOCP(=O)(O)O. The second kappa shape index (κ2) is 20.2. The van der Waals surface area contributed by atoms with Gasteiger partial charge in [0.2, 0.25) is 0 Å². The van der Waals surface area contributed by atoms with Crippen molar-refractivity contribution >= 4 is 71.1 Å². The summed E-state index contributed by atoms with van der Waals surface area (Å²) < 4.78 is 25.7. The maximum Gasteiger partial charge on any atom is 0.350 e. The van der Waals surface area contributed by atoms with Crippen LogP contribution in [0, 0.1) is 0 Å². The number of nitrogen functional groups attached to an aromatic ring is 3.